The third-order valence-corrected chi connectivity index (χ3v) is 5.46. The van der Waals surface area contributed by atoms with Crippen LogP contribution in [0.25, 0.3) is 16.3 Å². The van der Waals surface area contributed by atoms with Crippen LogP contribution < -0.4 is 5.84 Å². The summed E-state index contributed by atoms with van der Waals surface area (Å²) < 4.78 is 0. The normalized spacial score (nSPS) is 31.4. The van der Waals surface area contributed by atoms with E-state index >= 15 is 0 Å². The molecule has 9 heteroatoms. The second-order valence-electron chi connectivity index (χ2n) is 6.97. The first kappa shape index (κ1) is 17.6. The monoisotopic (exact) mass is 374 g/mol. The fourth-order valence-corrected chi connectivity index (χ4v) is 4.02. The molecular formula is C18H18N2O7. The van der Waals surface area contributed by atoms with Gasteiger partial charge >= 0.3 is 0 Å². The average molecular weight is 374 g/mol. The number of aliphatic hydroxyl groups excluding tert-OH is 3. The highest BCUT2D eigenvalue weighted by atomic mass is 16.4. The lowest BCUT2D eigenvalue weighted by atomic mass is 9.75. The lowest BCUT2D eigenvalue weighted by molar-refractivity contribution is -0.152. The van der Waals surface area contributed by atoms with E-state index in [4.69, 9.17) is 5.84 Å². The molecule has 2 aliphatic carbocycles. The molecule has 27 heavy (non-hydrogen) atoms. The first-order valence-corrected chi connectivity index (χ1v) is 8.13. The molecule has 9 nitrogen and oxygen atoms in total. The Labute approximate surface area is 152 Å². The lowest BCUT2D eigenvalue weighted by Gasteiger charge is -2.41. The molecule has 2 aromatic carbocycles. The van der Waals surface area contributed by atoms with Gasteiger partial charge in [0.2, 0.25) is 0 Å². The number of phenols is 3. The predicted molar refractivity (Wildman–Crippen MR) is 95.2 cm³/mol. The van der Waals surface area contributed by atoms with Crippen molar-refractivity contribution in [3.05, 3.63) is 34.9 Å². The minimum atomic E-state index is -2.14. The number of nitrogens with two attached hydrogens (primary N) is 1. The van der Waals surface area contributed by atoms with Gasteiger partial charge in [-0.15, -0.1) is 0 Å². The molecule has 0 spiro atoms. The van der Waals surface area contributed by atoms with Gasteiger partial charge in [0.25, 0.3) is 0 Å². The van der Waals surface area contributed by atoms with Crippen LogP contribution in [0.2, 0.25) is 0 Å². The van der Waals surface area contributed by atoms with Gasteiger partial charge in [-0.3, -0.25) is 0 Å². The molecule has 0 aliphatic heterocycles. The zero-order valence-electron chi connectivity index (χ0n) is 14.1. The number of rotatable bonds is 0. The molecule has 4 atom stereocenters. The van der Waals surface area contributed by atoms with Crippen molar-refractivity contribution in [2.45, 2.75) is 30.8 Å². The van der Waals surface area contributed by atoms with Gasteiger partial charge in [0.05, 0.1) is 10.9 Å². The van der Waals surface area contributed by atoms with E-state index in [-0.39, 0.29) is 44.5 Å². The van der Waals surface area contributed by atoms with Gasteiger partial charge < -0.3 is 41.6 Å². The van der Waals surface area contributed by atoms with Crippen LogP contribution in [0, 0.1) is 0 Å². The Kier molecular flexibility index (Phi) is 3.47. The Morgan fingerprint density at radius 2 is 1.67 bits per heavy atom. The molecule has 0 aromatic heterocycles. The number of aromatic hydroxyl groups is 3. The minimum absolute atomic E-state index is 0.0639. The van der Waals surface area contributed by atoms with Crippen LogP contribution >= 0.6 is 0 Å². The molecule has 2 aliphatic rings. The number of hydrazone groups is 1. The third-order valence-electron chi connectivity index (χ3n) is 5.46. The summed E-state index contributed by atoms with van der Waals surface area (Å²) in [6.45, 7) is 1.13. The number of phenolic OH excluding ortho intramolecular Hbond substituents is 3. The summed E-state index contributed by atoms with van der Waals surface area (Å²) in [5.41, 5.74) is -2.71. The van der Waals surface area contributed by atoms with Crippen molar-refractivity contribution in [3.8, 4) is 17.2 Å². The van der Waals surface area contributed by atoms with E-state index < -0.39 is 35.4 Å². The van der Waals surface area contributed by atoms with E-state index in [1.54, 1.807) is 0 Å². The van der Waals surface area contributed by atoms with Crippen molar-refractivity contribution >= 4 is 22.1 Å². The topological polar surface area (TPSA) is 180 Å². The largest absolute Gasteiger partial charge is 0.507 e. The maximum atomic E-state index is 10.8. The Balaban J connectivity index is 2.17. The summed E-state index contributed by atoms with van der Waals surface area (Å²) in [4.78, 5) is 0. The van der Waals surface area contributed by atoms with Crippen molar-refractivity contribution in [3.63, 3.8) is 0 Å². The van der Waals surface area contributed by atoms with E-state index in [2.05, 4.69) is 5.10 Å². The highest BCUT2D eigenvalue weighted by Gasteiger charge is 2.55. The molecule has 4 rings (SSSR count). The zero-order valence-corrected chi connectivity index (χ0v) is 14.1. The summed E-state index contributed by atoms with van der Waals surface area (Å²) in [7, 11) is 0. The standard InChI is InChI=1S/C18H18N2O7/c1-18(27)16(25)11-9(15(24)17(18)26)8-10(12(11)20-19)14(23)7-5(13(8)22)3-2-4-6(7)21/h2-4,15-17,21-27H,19H2,1H3/t15-,16+,17+,18-/m0/s1. The maximum Gasteiger partial charge on any atom is 0.137 e. The summed E-state index contributed by atoms with van der Waals surface area (Å²) >= 11 is 0. The first-order valence-electron chi connectivity index (χ1n) is 8.13. The molecule has 0 heterocycles. The highest BCUT2D eigenvalue weighted by molar-refractivity contribution is 6.29. The first-order chi connectivity index (χ1) is 12.6. The summed E-state index contributed by atoms with van der Waals surface area (Å²) in [6, 6.07) is 4.21. The zero-order chi connectivity index (χ0) is 19.8. The quantitative estimate of drug-likeness (QED) is 0.168. The lowest BCUT2D eigenvalue weighted by Crippen LogP contribution is -2.59. The number of fused-ring (bicyclic) bond motifs is 3. The van der Waals surface area contributed by atoms with Crippen LogP contribution in [0.1, 0.15) is 18.1 Å². The van der Waals surface area contributed by atoms with E-state index in [0.717, 1.165) is 6.92 Å². The van der Waals surface area contributed by atoms with Gasteiger partial charge in [-0.25, -0.2) is 0 Å². The van der Waals surface area contributed by atoms with Gasteiger partial charge in [-0.05, 0) is 13.0 Å². The smallest absolute Gasteiger partial charge is 0.137 e. The summed E-state index contributed by atoms with van der Waals surface area (Å²) in [5.74, 6) is 4.27. The van der Waals surface area contributed by atoms with Crippen LogP contribution in [-0.4, -0.2) is 65.4 Å². The average Bonchev–Trinajstić information content (AvgIpc) is 2.98. The molecular weight excluding hydrogens is 356 g/mol. The number of hydrogen-bond acceptors (Lipinski definition) is 9. The molecule has 0 radical (unpaired) electrons. The summed E-state index contributed by atoms with van der Waals surface area (Å²) in [5, 5.41) is 77.2. The van der Waals surface area contributed by atoms with Gasteiger partial charge in [-0.2, -0.15) is 5.10 Å². The van der Waals surface area contributed by atoms with Gasteiger partial charge in [-0.1, -0.05) is 12.1 Å². The van der Waals surface area contributed by atoms with Crippen LogP contribution in [0.5, 0.6) is 17.2 Å². The number of benzene rings is 2. The van der Waals surface area contributed by atoms with Crippen LogP contribution in [0.4, 0.5) is 0 Å². The molecule has 0 amide bonds. The van der Waals surface area contributed by atoms with Crippen molar-refractivity contribution in [1.82, 2.24) is 0 Å². The predicted octanol–water partition coefficient (Wildman–Crippen LogP) is -0.766. The number of aliphatic hydroxyl groups is 4. The molecule has 0 fully saturated rings. The molecule has 2 aromatic rings. The summed E-state index contributed by atoms with van der Waals surface area (Å²) in [6.07, 6.45) is -5.19. The second kappa shape index (κ2) is 5.33. The second-order valence-corrected chi connectivity index (χ2v) is 6.97. The molecule has 0 saturated carbocycles. The Morgan fingerprint density at radius 1 is 1.00 bits per heavy atom. The Morgan fingerprint density at radius 3 is 2.30 bits per heavy atom. The Hall–Kier alpha value is -2.85. The van der Waals surface area contributed by atoms with Crippen LogP contribution in [0.3, 0.4) is 0 Å². The number of nitrogens with zero attached hydrogens (tertiary/aromatic N) is 1. The minimum Gasteiger partial charge on any atom is -0.507 e. The van der Waals surface area contributed by atoms with Crippen LogP contribution in [0.15, 0.2) is 28.9 Å². The van der Waals surface area contributed by atoms with Gasteiger partial charge in [0, 0.05) is 22.1 Å². The van der Waals surface area contributed by atoms with E-state index in [9.17, 15) is 35.7 Å². The highest BCUT2D eigenvalue weighted by Crippen LogP contribution is 2.54. The van der Waals surface area contributed by atoms with Crippen molar-refractivity contribution in [2.75, 3.05) is 0 Å². The van der Waals surface area contributed by atoms with Crippen molar-refractivity contribution in [2.24, 2.45) is 10.9 Å². The molecule has 0 saturated heterocycles. The fraction of sp³-hybridized carbons (Fsp3) is 0.278. The van der Waals surface area contributed by atoms with Gasteiger partial charge in [0.1, 0.15) is 46.9 Å². The van der Waals surface area contributed by atoms with Crippen molar-refractivity contribution in [1.29, 1.82) is 0 Å². The van der Waals surface area contributed by atoms with E-state index in [1.807, 2.05) is 0 Å². The van der Waals surface area contributed by atoms with E-state index in [0.29, 0.717) is 0 Å². The maximum absolute atomic E-state index is 10.8. The molecule has 142 valence electrons. The fourth-order valence-electron chi connectivity index (χ4n) is 4.02. The molecule has 0 bridgehead atoms. The van der Waals surface area contributed by atoms with E-state index in [1.165, 1.54) is 18.2 Å². The Bertz CT molecular complexity index is 1060. The third kappa shape index (κ3) is 1.94. The molecule has 9 N–H and O–H groups in total. The van der Waals surface area contributed by atoms with Crippen molar-refractivity contribution < 1.29 is 35.7 Å². The molecule has 0 unspecified atom stereocenters. The van der Waals surface area contributed by atoms with Crippen LogP contribution in [-0.2, 0) is 0 Å². The number of hydrogen-bond donors (Lipinski definition) is 8. The van der Waals surface area contributed by atoms with Gasteiger partial charge in [0.15, 0.2) is 0 Å². The SMILES string of the molecule is C[C@]1(O)[C@H](O)C2=C(c3c(c(O)c4c(O)cccc4c3O)C2=NN)[C@H](O)[C@H]1O.